The van der Waals surface area contributed by atoms with E-state index in [9.17, 15) is 57.5 Å². The first kappa shape index (κ1) is 108. The van der Waals surface area contributed by atoms with Crippen molar-refractivity contribution in [3.8, 4) is 0 Å². The molecule has 6 aromatic carbocycles. The predicted octanol–water partition coefficient (Wildman–Crippen LogP) is 12.8. The number of aryl methyl sites for hydroxylation is 3. The summed E-state index contributed by atoms with van der Waals surface area (Å²) in [6, 6.07) is 46.8. The van der Waals surface area contributed by atoms with Gasteiger partial charge in [-0.15, -0.1) is 0 Å². The van der Waals surface area contributed by atoms with Gasteiger partial charge in [0.05, 0.1) is 23.3 Å². The number of esters is 2. The van der Waals surface area contributed by atoms with E-state index in [0.717, 1.165) is 34.8 Å². The minimum absolute atomic E-state index is 0.167. The third-order valence-electron chi connectivity index (χ3n) is 9.41. The van der Waals surface area contributed by atoms with E-state index in [1.807, 2.05) is 84.0 Å². The maximum absolute atomic E-state index is 11.5. The van der Waals surface area contributed by atoms with Crippen LogP contribution in [0.1, 0.15) is 181 Å². The number of carbonyl (C=O) groups excluding carboxylic acids is 14. The Bertz CT molecular complexity index is 3160. The summed E-state index contributed by atoms with van der Waals surface area (Å²) in [6.07, 6.45) is 3.73. The van der Waals surface area contributed by atoms with Gasteiger partial charge in [-0.2, -0.15) is 19.2 Å². The molecular formula is C72H84O26. The van der Waals surface area contributed by atoms with Crippen molar-refractivity contribution in [2.75, 3.05) is 0 Å². The predicted molar refractivity (Wildman–Crippen MR) is 359 cm³/mol. The van der Waals surface area contributed by atoms with E-state index in [4.69, 9.17) is 68.0 Å². The summed E-state index contributed by atoms with van der Waals surface area (Å²) in [4.78, 5) is 185. The monoisotopic (exact) mass is 1360 g/mol. The molecule has 6 rings (SSSR count). The normalized spacial score (nSPS) is 8.24. The quantitative estimate of drug-likeness (QED) is 0.0271. The summed E-state index contributed by atoms with van der Waals surface area (Å²) < 4.78 is 24.7. The van der Waals surface area contributed by atoms with Crippen LogP contribution in [-0.2, 0) is 66.7 Å². The number of hydrogen-bond acceptors (Lipinski definition) is 22. The van der Waals surface area contributed by atoms with Crippen LogP contribution in [0.5, 0.6) is 0 Å². The molecule has 26 heteroatoms. The van der Waals surface area contributed by atoms with Gasteiger partial charge in [0, 0.05) is 55.0 Å². The number of Topliss-reactive ketones (excluding diaryl/α,β-unsaturated/α-hetero) is 6. The second kappa shape index (κ2) is 79.2. The standard InChI is InChI=1S/2C12H14O3.C8H8O2.C8H8O.C7H6O2.C7H6O.2C4H8O.2C3H6O.2CO2.2CO.2O2/c1-8(2)15-12(14)11(13)10-6-4-9(3)5-7-10;1-3-9(2)15-12(14)11(13)10-7-5-4-6-8-10;1-6-2-4-7(5-3-6)8(9)10;1-7-2-4-8(6-9)5-3-7;8-7(9)6-4-2-1-3-5-6;8-6-7-4-2-1-3-5-7;2*1-3-4(2)5;2*1-3(2)4;2*2-1-3;4*1-2/h4-8H,1-3H3;4-9H,3H2,1-2H3;2-5H,1H3,(H,9,10);2-6H,1H3;1-5H,(H,8,9);1-6H;2*3H2,1-2H3;2*1-2H3;;;;;;. The number of aromatic carboxylic acids is 2. The molecule has 0 saturated heterocycles. The SMILES string of the molecule is CC(C)=O.CC(C)=O.CCC(C)=O.CCC(C)=O.CCC(C)OC(=O)C(=O)c1ccccc1.Cc1ccc(C(=O)C(=O)OC(C)C)cc1.Cc1ccc(C(=O)O)cc1.Cc1ccc(C=O)cc1.O=C(O)c1ccccc1.O=C=O.O=C=O.O=Cc1ccccc1.O=O.O=O.[C-]#[O+].[C-]#[O+]. The molecule has 0 fully saturated rings. The molecule has 0 aliphatic heterocycles. The van der Waals surface area contributed by atoms with Crippen LogP contribution < -0.4 is 0 Å². The van der Waals surface area contributed by atoms with Crippen molar-refractivity contribution < 1.29 is 106 Å². The van der Waals surface area contributed by atoms with Crippen LogP contribution >= 0.6 is 0 Å². The summed E-state index contributed by atoms with van der Waals surface area (Å²) in [5.41, 5.74) is 6.17. The Balaban J connectivity index is -0.000000110. The van der Waals surface area contributed by atoms with Crippen LogP contribution in [-0.4, -0.2) is 106 Å². The number of carbonyl (C=O) groups is 12. The Labute approximate surface area is 569 Å². The zero-order valence-electron chi connectivity index (χ0n) is 57.2. The summed E-state index contributed by atoms with van der Waals surface area (Å²) in [5.74, 6) is -3.67. The van der Waals surface area contributed by atoms with Gasteiger partial charge in [-0.1, -0.05) is 177 Å². The van der Waals surface area contributed by atoms with Gasteiger partial charge in [0.25, 0.3) is 11.6 Å². The second-order valence-corrected chi connectivity index (χ2v) is 18.5. The molecule has 0 radical (unpaired) electrons. The molecule has 98 heavy (non-hydrogen) atoms. The molecule has 0 heterocycles. The number of hydrogen-bond donors (Lipinski definition) is 2. The molecule has 528 valence electrons. The first-order valence-corrected chi connectivity index (χ1v) is 28.1. The topological polar surface area (TPSA) is 440 Å². The molecule has 0 aliphatic carbocycles. The molecule has 0 spiro atoms. The number of benzene rings is 6. The van der Waals surface area contributed by atoms with Crippen LogP contribution in [0.4, 0.5) is 0 Å². The van der Waals surface area contributed by atoms with Gasteiger partial charge in [0.15, 0.2) is 0 Å². The average Bonchev–Trinajstić information content (AvgIpc) is 0.920. The third-order valence-corrected chi connectivity index (χ3v) is 9.41. The molecule has 0 aromatic heterocycles. The van der Waals surface area contributed by atoms with Crippen molar-refractivity contribution in [2.45, 2.75) is 135 Å². The van der Waals surface area contributed by atoms with Gasteiger partial charge in [-0.05, 0) is 114 Å². The van der Waals surface area contributed by atoms with Gasteiger partial charge < -0.3 is 38.9 Å². The van der Waals surface area contributed by atoms with E-state index < -0.39 is 35.4 Å². The Morgan fingerprint density at radius 2 is 0.622 bits per heavy atom. The van der Waals surface area contributed by atoms with Crippen molar-refractivity contribution >= 4 is 83.5 Å². The average molecular weight is 1370 g/mol. The molecule has 0 aliphatic rings. The molecule has 1 atom stereocenters. The Morgan fingerprint density at radius 3 is 0.847 bits per heavy atom. The van der Waals surface area contributed by atoms with Crippen molar-refractivity contribution in [3.05, 3.63) is 247 Å². The molecule has 0 saturated carbocycles. The first-order chi connectivity index (χ1) is 46.2. The summed E-state index contributed by atoms with van der Waals surface area (Å²) >= 11 is 0. The Kier molecular flexibility index (Phi) is 87.0. The molecule has 2 N–H and O–H groups in total. The summed E-state index contributed by atoms with van der Waals surface area (Å²) in [7, 11) is 0. The molecule has 26 nitrogen and oxygen atoms in total. The van der Waals surface area contributed by atoms with Crippen LogP contribution in [0, 0.1) is 53.9 Å². The second-order valence-electron chi connectivity index (χ2n) is 18.5. The van der Waals surface area contributed by atoms with Gasteiger partial charge >= 0.3 is 58.8 Å². The van der Waals surface area contributed by atoms with E-state index in [1.165, 1.54) is 33.3 Å². The Morgan fingerprint density at radius 1 is 0.408 bits per heavy atom. The third kappa shape index (κ3) is 82.0. The maximum atomic E-state index is 11.5. The number of ketones is 6. The van der Waals surface area contributed by atoms with Crippen molar-refractivity contribution in [1.82, 2.24) is 0 Å². The fourth-order valence-electron chi connectivity index (χ4n) is 4.57. The van der Waals surface area contributed by atoms with E-state index in [0.29, 0.717) is 41.5 Å². The fraction of sp³-hybridized carbons (Fsp3) is 0.278. The first-order valence-electron chi connectivity index (χ1n) is 28.1. The van der Waals surface area contributed by atoms with Crippen LogP contribution in [0.25, 0.3) is 0 Å². The number of rotatable bonds is 13. The van der Waals surface area contributed by atoms with E-state index >= 15 is 0 Å². The zero-order valence-corrected chi connectivity index (χ0v) is 57.2. The van der Waals surface area contributed by atoms with Crippen molar-refractivity contribution in [1.29, 1.82) is 0 Å². The van der Waals surface area contributed by atoms with Crippen LogP contribution in [0.2, 0.25) is 0 Å². The zero-order chi connectivity index (χ0) is 78.6. The number of carboxylic acids is 2. The molecule has 6 aromatic rings. The van der Waals surface area contributed by atoms with E-state index in [2.05, 4.69) is 13.3 Å². The number of carboxylic acid groups (broad SMARTS) is 2. The minimum atomic E-state index is -0.879. The molecule has 1 unspecified atom stereocenters. The van der Waals surface area contributed by atoms with Gasteiger partial charge in [0.1, 0.15) is 35.7 Å². The fourth-order valence-corrected chi connectivity index (χ4v) is 4.57. The van der Waals surface area contributed by atoms with Gasteiger partial charge in [0.2, 0.25) is 0 Å². The van der Waals surface area contributed by atoms with E-state index in [1.54, 1.807) is 156 Å². The van der Waals surface area contributed by atoms with Crippen LogP contribution in [0.3, 0.4) is 0 Å². The summed E-state index contributed by atoms with van der Waals surface area (Å²) in [5, 5.41) is 16.9. The summed E-state index contributed by atoms with van der Waals surface area (Å²) in [6.45, 7) is 34.9. The molecule has 0 bridgehead atoms. The number of ether oxygens (including phenoxy) is 2. The van der Waals surface area contributed by atoms with Crippen molar-refractivity contribution in [3.63, 3.8) is 0 Å². The van der Waals surface area contributed by atoms with Crippen molar-refractivity contribution in [2.24, 2.45) is 0 Å². The van der Waals surface area contributed by atoms with Gasteiger partial charge in [-0.25, -0.2) is 19.2 Å². The Hall–Kier alpha value is -12.0. The van der Waals surface area contributed by atoms with Crippen LogP contribution in [0.15, 0.2) is 164 Å². The molecule has 0 amide bonds. The van der Waals surface area contributed by atoms with E-state index in [-0.39, 0.29) is 47.6 Å². The van der Waals surface area contributed by atoms with Gasteiger partial charge in [-0.3, -0.25) is 19.2 Å². The molecular weight excluding hydrogens is 1280 g/mol. The number of aldehydes is 2.